The highest BCUT2D eigenvalue weighted by Crippen LogP contribution is 2.52. The molecule has 0 aromatic carbocycles. The maximum absolute atomic E-state index is 11.7. The molecule has 3 saturated heterocycles. The Labute approximate surface area is 152 Å². The summed E-state index contributed by atoms with van der Waals surface area (Å²) >= 11 is 0. The fourth-order valence-corrected chi connectivity index (χ4v) is 7.79. The lowest BCUT2D eigenvalue weighted by Gasteiger charge is -2.53. The molecule has 5 nitrogen and oxygen atoms in total. The van der Waals surface area contributed by atoms with Gasteiger partial charge in [-0.2, -0.15) is 0 Å². The normalized spacial score (nSPS) is 41.7. The molecule has 1 N–H and O–H groups in total. The van der Waals surface area contributed by atoms with E-state index < -0.39 is 9.84 Å². The first-order valence-corrected chi connectivity index (χ1v) is 12.2. The predicted molar refractivity (Wildman–Crippen MR) is 99.4 cm³/mol. The number of nitrogens with one attached hydrogen (secondary N) is 1. The van der Waals surface area contributed by atoms with Crippen LogP contribution in [0.4, 0.5) is 0 Å². The van der Waals surface area contributed by atoms with Crippen LogP contribution in [-0.2, 0) is 9.84 Å². The third kappa shape index (κ3) is 3.17. The van der Waals surface area contributed by atoms with Gasteiger partial charge in [-0.05, 0) is 68.9 Å². The molecule has 2 aliphatic carbocycles. The van der Waals surface area contributed by atoms with Crippen LogP contribution in [0.3, 0.4) is 0 Å². The van der Waals surface area contributed by atoms with E-state index in [1.54, 1.807) is 0 Å². The highest BCUT2D eigenvalue weighted by atomic mass is 32.2. The maximum Gasteiger partial charge on any atom is 0.152 e. The second-order valence-electron chi connectivity index (χ2n) is 9.60. The van der Waals surface area contributed by atoms with Crippen LogP contribution in [0.15, 0.2) is 0 Å². The predicted octanol–water partition coefficient (Wildman–Crippen LogP) is 0.959. The van der Waals surface area contributed by atoms with E-state index in [0.29, 0.717) is 23.0 Å². The summed E-state index contributed by atoms with van der Waals surface area (Å²) in [6.45, 7) is 6.62. The van der Waals surface area contributed by atoms with Gasteiger partial charge in [0, 0.05) is 38.3 Å². The molecule has 142 valence electrons. The summed E-state index contributed by atoms with van der Waals surface area (Å²) in [5.41, 5.74) is 0.690. The smallest absolute Gasteiger partial charge is 0.152 e. The van der Waals surface area contributed by atoms with Crippen LogP contribution in [0.1, 0.15) is 38.5 Å². The number of nitrogens with zero attached hydrogens (tertiary/aromatic N) is 2. The van der Waals surface area contributed by atoms with Crippen LogP contribution in [0.2, 0.25) is 0 Å². The Hall–Kier alpha value is -0.170. The van der Waals surface area contributed by atoms with Crippen molar-refractivity contribution in [3.63, 3.8) is 0 Å². The van der Waals surface area contributed by atoms with E-state index in [9.17, 15) is 8.42 Å². The quantitative estimate of drug-likeness (QED) is 0.788. The van der Waals surface area contributed by atoms with Gasteiger partial charge < -0.3 is 5.32 Å². The molecule has 0 aromatic rings. The van der Waals surface area contributed by atoms with Crippen LogP contribution >= 0.6 is 0 Å². The van der Waals surface area contributed by atoms with Gasteiger partial charge in [-0.1, -0.05) is 0 Å². The molecule has 3 aliphatic heterocycles. The number of hydrogen-bond acceptors (Lipinski definition) is 5. The first kappa shape index (κ1) is 17.0. The molecule has 5 aliphatic rings. The molecule has 25 heavy (non-hydrogen) atoms. The lowest BCUT2D eigenvalue weighted by Crippen LogP contribution is -2.54. The lowest BCUT2D eigenvalue weighted by atomic mass is 9.60. The largest absolute Gasteiger partial charge is 0.317 e. The highest BCUT2D eigenvalue weighted by molar-refractivity contribution is 7.91. The van der Waals surface area contributed by atoms with Crippen molar-refractivity contribution in [2.45, 2.75) is 50.6 Å². The SMILES string of the molecule is O=S1(=O)CCN(C2CC3CN(C4CC5(CCNCC5)C4)CC3C2)CC1. The van der Waals surface area contributed by atoms with Gasteiger partial charge >= 0.3 is 0 Å². The van der Waals surface area contributed by atoms with Gasteiger partial charge in [0.15, 0.2) is 9.84 Å². The Kier molecular flexibility index (Phi) is 4.19. The fraction of sp³-hybridized carbons (Fsp3) is 1.00. The zero-order valence-corrected chi connectivity index (χ0v) is 16.1. The third-order valence-electron chi connectivity index (χ3n) is 8.17. The molecule has 5 rings (SSSR count). The minimum Gasteiger partial charge on any atom is -0.317 e. The molecule has 5 fully saturated rings. The maximum atomic E-state index is 11.7. The van der Waals surface area contributed by atoms with E-state index in [-0.39, 0.29) is 0 Å². The number of hydrogen-bond donors (Lipinski definition) is 1. The van der Waals surface area contributed by atoms with Crippen LogP contribution in [0.5, 0.6) is 0 Å². The molecular weight excluding hydrogens is 334 g/mol. The zero-order valence-electron chi connectivity index (χ0n) is 15.3. The molecule has 2 saturated carbocycles. The van der Waals surface area contributed by atoms with E-state index in [1.807, 2.05) is 0 Å². The van der Waals surface area contributed by atoms with Crippen LogP contribution in [0.25, 0.3) is 0 Å². The summed E-state index contributed by atoms with van der Waals surface area (Å²) in [5.74, 6) is 2.50. The average Bonchev–Trinajstić information content (AvgIpc) is 3.12. The van der Waals surface area contributed by atoms with Gasteiger partial charge in [-0.25, -0.2) is 8.42 Å². The Morgan fingerprint density at radius 3 is 2.04 bits per heavy atom. The second-order valence-corrected chi connectivity index (χ2v) is 11.9. The zero-order chi connectivity index (χ0) is 17.1. The van der Waals surface area contributed by atoms with Gasteiger partial charge in [0.2, 0.25) is 0 Å². The Morgan fingerprint density at radius 1 is 0.840 bits per heavy atom. The van der Waals surface area contributed by atoms with Crippen LogP contribution in [0, 0.1) is 17.3 Å². The van der Waals surface area contributed by atoms with Gasteiger partial charge in [-0.3, -0.25) is 9.80 Å². The van der Waals surface area contributed by atoms with Crippen molar-refractivity contribution in [1.29, 1.82) is 0 Å². The van der Waals surface area contributed by atoms with Gasteiger partial charge in [0.25, 0.3) is 0 Å². The first-order chi connectivity index (χ1) is 12.0. The summed E-state index contributed by atoms with van der Waals surface area (Å²) in [4.78, 5) is 5.30. The topological polar surface area (TPSA) is 52.7 Å². The van der Waals surface area contributed by atoms with E-state index in [1.165, 1.54) is 64.7 Å². The van der Waals surface area contributed by atoms with Crippen molar-refractivity contribution < 1.29 is 8.42 Å². The van der Waals surface area contributed by atoms with Crippen molar-refractivity contribution in [3.05, 3.63) is 0 Å². The van der Waals surface area contributed by atoms with Gasteiger partial charge in [-0.15, -0.1) is 0 Å². The fourth-order valence-electron chi connectivity index (χ4n) is 6.56. The van der Waals surface area contributed by atoms with E-state index >= 15 is 0 Å². The molecule has 0 bridgehead atoms. The van der Waals surface area contributed by atoms with Crippen molar-refractivity contribution in [2.24, 2.45) is 17.3 Å². The van der Waals surface area contributed by atoms with E-state index in [4.69, 9.17) is 0 Å². The lowest BCUT2D eigenvalue weighted by molar-refractivity contribution is -0.0149. The summed E-state index contributed by atoms with van der Waals surface area (Å²) < 4.78 is 23.3. The van der Waals surface area contributed by atoms with E-state index in [2.05, 4.69) is 15.1 Å². The highest BCUT2D eigenvalue weighted by Gasteiger charge is 2.51. The molecule has 6 heteroatoms. The molecule has 2 unspecified atom stereocenters. The standard InChI is InChI=1S/C19H33N3O2S/c23-25(24)7-5-21(6-8-25)17-9-15-13-22(14-16(15)10-17)18-11-19(12-18)1-3-20-4-2-19/h15-18,20H,1-14H2. The summed E-state index contributed by atoms with van der Waals surface area (Å²) in [7, 11) is -2.75. The Morgan fingerprint density at radius 2 is 1.44 bits per heavy atom. The molecule has 0 amide bonds. The Balaban J connectivity index is 1.12. The third-order valence-corrected chi connectivity index (χ3v) is 9.78. The molecule has 1 spiro atoms. The number of rotatable bonds is 2. The van der Waals surface area contributed by atoms with Gasteiger partial charge in [0.05, 0.1) is 11.5 Å². The molecule has 2 atom stereocenters. The molecule has 0 radical (unpaired) electrons. The number of fused-ring (bicyclic) bond motifs is 1. The minimum atomic E-state index is -2.75. The molecule has 3 heterocycles. The van der Waals surface area contributed by atoms with Crippen molar-refractivity contribution >= 4 is 9.84 Å². The van der Waals surface area contributed by atoms with Crippen molar-refractivity contribution in [2.75, 3.05) is 50.8 Å². The van der Waals surface area contributed by atoms with Crippen LogP contribution < -0.4 is 5.32 Å². The summed E-state index contributed by atoms with van der Waals surface area (Å²) in [6, 6.07) is 1.52. The van der Waals surface area contributed by atoms with Gasteiger partial charge in [0.1, 0.15) is 0 Å². The van der Waals surface area contributed by atoms with E-state index in [0.717, 1.165) is 31.0 Å². The number of sulfone groups is 1. The van der Waals surface area contributed by atoms with Crippen molar-refractivity contribution in [3.8, 4) is 0 Å². The van der Waals surface area contributed by atoms with Crippen LogP contribution in [-0.4, -0.2) is 81.1 Å². The Bertz CT molecular complexity index is 580. The number of likely N-dealkylation sites (tertiary alicyclic amines) is 1. The molecule has 0 aromatic heterocycles. The minimum absolute atomic E-state index is 0.379. The first-order valence-electron chi connectivity index (χ1n) is 10.4. The summed E-state index contributed by atoms with van der Waals surface area (Å²) in [5, 5.41) is 3.51. The second kappa shape index (κ2) is 6.18. The monoisotopic (exact) mass is 367 g/mol. The van der Waals surface area contributed by atoms with Crippen molar-refractivity contribution in [1.82, 2.24) is 15.1 Å². The average molecular weight is 368 g/mol. The molecular formula is C19H33N3O2S. The number of piperidine rings is 1. The summed E-state index contributed by atoms with van der Waals surface area (Å²) in [6.07, 6.45) is 8.29.